The molecule has 5 heteroatoms. The number of aromatic nitrogens is 2. The minimum absolute atomic E-state index is 0.0327. The van der Waals surface area contributed by atoms with Crippen molar-refractivity contribution in [2.45, 2.75) is 25.9 Å². The highest BCUT2D eigenvalue weighted by molar-refractivity contribution is 5.66. The highest BCUT2D eigenvalue weighted by Crippen LogP contribution is 2.23. The van der Waals surface area contributed by atoms with E-state index in [2.05, 4.69) is 28.9 Å². The van der Waals surface area contributed by atoms with E-state index in [4.69, 9.17) is 10.7 Å². The molecule has 1 aliphatic rings. The van der Waals surface area contributed by atoms with Crippen LogP contribution in [-0.2, 0) is 7.05 Å². The van der Waals surface area contributed by atoms with Crippen molar-refractivity contribution in [1.29, 1.82) is 0 Å². The third kappa shape index (κ3) is 1.95. The van der Waals surface area contributed by atoms with Crippen molar-refractivity contribution >= 4 is 11.5 Å². The van der Waals surface area contributed by atoms with Crippen molar-refractivity contribution in [1.82, 2.24) is 9.55 Å². The summed E-state index contributed by atoms with van der Waals surface area (Å²) in [6.07, 6.45) is 3.81. The van der Waals surface area contributed by atoms with Crippen LogP contribution in [0.3, 0.4) is 0 Å². The molecule has 5 nitrogen and oxygen atoms in total. The van der Waals surface area contributed by atoms with Gasteiger partial charge in [0.1, 0.15) is 17.3 Å². The fraction of sp³-hybridized carbons (Fsp3) is 0.333. The predicted molar refractivity (Wildman–Crippen MR) is 79.2 cm³/mol. The summed E-state index contributed by atoms with van der Waals surface area (Å²) in [5, 5.41) is 0.767. The number of benzene rings is 1. The lowest BCUT2D eigenvalue weighted by molar-refractivity contribution is 0.576. The van der Waals surface area contributed by atoms with Crippen molar-refractivity contribution in [3.8, 4) is 0 Å². The minimum atomic E-state index is 0.0327. The highest BCUT2D eigenvalue weighted by Gasteiger charge is 2.25. The standard InChI is InChI=1S/C15H19N5/c1-3-7-12-18-15-13(17-10-19(15)2)14(16)20(12)11-8-5-4-6-9-11/h4-6,8-10,12H,3,7,16H2,1-2H3. The second kappa shape index (κ2) is 5.00. The first-order chi connectivity index (χ1) is 9.72. The summed E-state index contributed by atoms with van der Waals surface area (Å²) < 4.78 is 1.92. The van der Waals surface area contributed by atoms with E-state index < -0.39 is 0 Å². The molecule has 3 rings (SSSR count). The van der Waals surface area contributed by atoms with Crippen LogP contribution in [0.25, 0.3) is 5.82 Å². The first-order valence-corrected chi connectivity index (χ1v) is 6.91. The number of nitrogens with two attached hydrogens (primary N) is 1. The molecule has 0 spiro atoms. The third-order valence-electron chi connectivity index (χ3n) is 3.56. The monoisotopic (exact) mass is 269 g/mol. The van der Waals surface area contributed by atoms with Gasteiger partial charge in [-0.25, -0.2) is 9.98 Å². The number of rotatable bonds is 3. The van der Waals surface area contributed by atoms with Gasteiger partial charge < -0.3 is 15.2 Å². The smallest absolute Gasteiger partial charge is 0.160 e. The lowest BCUT2D eigenvalue weighted by atomic mass is 10.2. The predicted octanol–water partition coefficient (Wildman–Crippen LogP) is 0.711. The van der Waals surface area contributed by atoms with Crippen molar-refractivity contribution in [3.63, 3.8) is 0 Å². The second-order valence-corrected chi connectivity index (χ2v) is 5.02. The molecule has 1 aromatic heterocycles. The molecule has 2 N–H and O–H groups in total. The van der Waals surface area contributed by atoms with Crippen LogP contribution >= 0.6 is 0 Å². The topological polar surface area (TPSA) is 59.4 Å². The van der Waals surface area contributed by atoms with Gasteiger partial charge in [0, 0.05) is 12.7 Å². The molecule has 0 saturated carbocycles. The van der Waals surface area contributed by atoms with Gasteiger partial charge in [0.15, 0.2) is 5.49 Å². The zero-order valence-corrected chi connectivity index (χ0v) is 11.8. The van der Waals surface area contributed by atoms with Crippen molar-refractivity contribution in [2.75, 3.05) is 4.90 Å². The maximum Gasteiger partial charge on any atom is 0.160 e. The van der Waals surface area contributed by atoms with Crippen LogP contribution in [0, 0.1) is 0 Å². The Kier molecular flexibility index (Phi) is 3.18. The molecule has 1 unspecified atom stereocenters. The maximum absolute atomic E-state index is 6.36. The molecule has 0 amide bonds. The number of hydrogen-bond donors (Lipinski definition) is 1. The molecule has 2 heterocycles. The summed E-state index contributed by atoms with van der Waals surface area (Å²) >= 11 is 0. The van der Waals surface area contributed by atoms with Crippen LogP contribution in [-0.4, -0.2) is 15.7 Å². The van der Waals surface area contributed by atoms with E-state index in [-0.39, 0.29) is 6.17 Å². The van der Waals surface area contributed by atoms with Gasteiger partial charge in [0.05, 0.1) is 6.33 Å². The summed E-state index contributed by atoms with van der Waals surface area (Å²) in [6, 6.07) is 10.1. The molecule has 0 bridgehead atoms. The molecule has 1 aromatic carbocycles. The number of para-hydroxylation sites is 1. The van der Waals surface area contributed by atoms with Gasteiger partial charge in [0.25, 0.3) is 0 Å². The zero-order chi connectivity index (χ0) is 14.1. The zero-order valence-electron chi connectivity index (χ0n) is 11.8. The molecule has 0 aliphatic carbocycles. The van der Waals surface area contributed by atoms with Crippen LogP contribution in [0.1, 0.15) is 19.8 Å². The van der Waals surface area contributed by atoms with E-state index in [0.29, 0.717) is 5.82 Å². The maximum atomic E-state index is 6.36. The molecule has 20 heavy (non-hydrogen) atoms. The molecule has 0 saturated heterocycles. The largest absolute Gasteiger partial charge is 0.383 e. The van der Waals surface area contributed by atoms with Gasteiger partial charge >= 0.3 is 0 Å². The molecule has 2 aromatic rings. The van der Waals surface area contributed by atoms with Crippen LogP contribution in [0.15, 0.2) is 41.7 Å². The van der Waals surface area contributed by atoms with Crippen LogP contribution in [0.5, 0.6) is 0 Å². The summed E-state index contributed by atoms with van der Waals surface area (Å²) in [5.41, 5.74) is 8.29. The fourth-order valence-electron chi connectivity index (χ4n) is 2.58. The van der Waals surface area contributed by atoms with Gasteiger partial charge in [0.2, 0.25) is 0 Å². The average molecular weight is 269 g/mol. The Bertz CT molecular complexity index is 716. The molecule has 1 atom stereocenters. The molecular formula is C15H19N5. The van der Waals surface area contributed by atoms with E-state index in [1.54, 1.807) is 6.33 Å². The van der Waals surface area contributed by atoms with Gasteiger partial charge in [-0.05, 0) is 18.6 Å². The Hall–Kier alpha value is -2.30. The number of nitrogens with zero attached hydrogens (tertiary/aromatic N) is 4. The molecule has 1 aliphatic heterocycles. The quantitative estimate of drug-likeness (QED) is 0.893. The Morgan fingerprint density at radius 3 is 2.70 bits per heavy atom. The molecular weight excluding hydrogens is 250 g/mol. The lowest BCUT2D eigenvalue weighted by Gasteiger charge is -2.32. The van der Waals surface area contributed by atoms with Crippen molar-refractivity contribution < 1.29 is 0 Å². The number of imidazole rings is 1. The fourth-order valence-corrected chi connectivity index (χ4v) is 2.58. The van der Waals surface area contributed by atoms with Gasteiger partial charge in [-0.1, -0.05) is 31.5 Å². The van der Waals surface area contributed by atoms with E-state index >= 15 is 0 Å². The number of aryl methyl sites for hydroxylation is 1. The molecule has 104 valence electrons. The second-order valence-electron chi connectivity index (χ2n) is 5.02. The number of hydrogen-bond acceptors (Lipinski definition) is 4. The van der Waals surface area contributed by atoms with E-state index in [1.807, 2.05) is 29.8 Å². The summed E-state index contributed by atoms with van der Waals surface area (Å²) in [6.45, 7) is 2.16. The normalized spacial score (nSPS) is 17.8. The van der Waals surface area contributed by atoms with Gasteiger partial charge in [-0.3, -0.25) is 0 Å². The Balaban J connectivity index is 2.19. The third-order valence-corrected chi connectivity index (χ3v) is 3.56. The first-order valence-electron chi connectivity index (χ1n) is 6.91. The SMILES string of the molecule is CCCC1N=c2c(ncn2C)=C(N)N1c1ccccc1. The first kappa shape index (κ1) is 12.7. The highest BCUT2D eigenvalue weighted by atomic mass is 15.3. The van der Waals surface area contributed by atoms with Crippen LogP contribution < -0.4 is 21.5 Å². The van der Waals surface area contributed by atoms with Crippen LogP contribution in [0.4, 0.5) is 5.69 Å². The van der Waals surface area contributed by atoms with Crippen molar-refractivity contribution in [2.24, 2.45) is 17.8 Å². The summed E-state index contributed by atoms with van der Waals surface area (Å²) in [5.74, 6) is 0.681. The Morgan fingerprint density at radius 2 is 2.00 bits per heavy atom. The van der Waals surface area contributed by atoms with Crippen LogP contribution in [0.2, 0.25) is 0 Å². The molecule has 0 fully saturated rings. The number of anilines is 1. The van der Waals surface area contributed by atoms with E-state index in [9.17, 15) is 0 Å². The molecule has 0 radical (unpaired) electrons. The van der Waals surface area contributed by atoms with Crippen molar-refractivity contribution in [3.05, 3.63) is 47.5 Å². The summed E-state index contributed by atoms with van der Waals surface area (Å²) in [4.78, 5) is 11.3. The average Bonchev–Trinajstić information content (AvgIpc) is 2.82. The minimum Gasteiger partial charge on any atom is -0.383 e. The van der Waals surface area contributed by atoms with E-state index in [0.717, 1.165) is 29.4 Å². The number of fused-ring (bicyclic) bond motifs is 1. The lowest BCUT2D eigenvalue weighted by Crippen LogP contribution is -2.50. The van der Waals surface area contributed by atoms with Gasteiger partial charge in [-0.2, -0.15) is 0 Å². The van der Waals surface area contributed by atoms with Gasteiger partial charge in [-0.15, -0.1) is 0 Å². The Labute approximate surface area is 118 Å². The Morgan fingerprint density at radius 1 is 1.25 bits per heavy atom. The summed E-state index contributed by atoms with van der Waals surface area (Å²) in [7, 11) is 1.95. The van der Waals surface area contributed by atoms with E-state index in [1.165, 1.54) is 0 Å².